The summed E-state index contributed by atoms with van der Waals surface area (Å²) >= 11 is 6.08. The van der Waals surface area contributed by atoms with Crippen LogP contribution in [0.1, 0.15) is 51.0 Å². The summed E-state index contributed by atoms with van der Waals surface area (Å²) in [5.41, 5.74) is 0.849. The molecule has 1 fully saturated rings. The molecule has 1 aliphatic carbocycles. The van der Waals surface area contributed by atoms with E-state index >= 15 is 0 Å². The molecule has 0 aliphatic heterocycles. The van der Waals surface area contributed by atoms with Gasteiger partial charge in [-0.05, 0) is 49.4 Å². The molecule has 0 heterocycles. The van der Waals surface area contributed by atoms with Gasteiger partial charge in [-0.15, -0.1) is 0 Å². The van der Waals surface area contributed by atoms with Crippen LogP contribution >= 0.6 is 11.6 Å². The highest BCUT2D eigenvalue weighted by molar-refractivity contribution is 6.31. The second-order valence-corrected chi connectivity index (χ2v) is 6.06. The second-order valence-electron chi connectivity index (χ2n) is 5.66. The highest BCUT2D eigenvalue weighted by Crippen LogP contribution is 2.26. The molecule has 3 heteroatoms. The third kappa shape index (κ3) is 4.47. The minimum atomic E-state index is -0.219. The fourth-order valence-electron chi connectivity index (χ4n) is 2.93. The Balaban J connectivity index is 1.88. The molecule has 1 aromatic carbocycles. The number of hydrogen-bond acceptors (Lipinski definition) is 1. The molecule has 1 saturated carbocycles. The lowest BCUT2D eigenvalue weighted by molar-refractivity contribution is 0.336. The molecule has 1 aromatic rings. The van der Waals surface area contributed by atoms with Crippen LogP contribution in [0.2, 0.25) is 5.02 Å². The minimum absolute atomic E-state index is 0.219. The van der Waals surface area contributed by atoms with Crippen molar-refractivity contribution in [1.29, 1.82) is 0 Å². The number of rotatable bonds is 4. The van der Waals surface area contributed by atoms with E-state index in [2.05, 4.69) is 12.2 Å². The molecule has 2 rings (SSSR count). The standard InChI is InChI=1S/C16H23ClFN/c1-12(13-6-4-2-3-5-7-13)19-11-14-10-15(18)8-9-16(14)17/h8-10,12-13,19H,2-7,11H2,1H3/t12-/m0/s1. The Morgan fingerprint density at radius 1 is 1.26 bits per heavy atom. The average molecular weight is 284 g/mol. The molecule has 0 spiro atoms. The Bertz CT molecular complexity index is 400. The van der Waals surface area contributed by atoms with Crippen molar-refractivity contribution >= 4 is 11.6 Å². The van der Waals surface area contributed by atoms with Crippen molar-refractivity contribution < 1.29 is 4.39 Å². The molecular weight excluding hydrogens is 261 g/mol. The zero-order chi connectivity index (χ0) is 13.7. The lowest BCUT2D eigenvalue weighted by Gasteiger charge is -2.24. The van der Waals surface area contributed by atoms with E-state index in [0.29, 0.717) is 17.6 Å². The highest BCUT2D eigenvalue weighted by atomic mass is 35.5. The summed E-state index contributed by atoms with van der Waals surface area (Å²) in [6.45, 7) is 2.89. The fraction of sp³-hybridized carbons (Fsp3) is 0.625. The van der Waals surface area contributed by atoms with Gasteiger partial charge >= 0.3 is 0 Å². The maximum Gasteiger partial charge on any atom is 0.123 e. The molecule has 1 aliphatic rings. The zero-order valence-electron chi connectivity index (χ0n) is 11.6. The molecule has 1 nitrogen and oxygen atoms in total. The van der Waals surface area contributed by atoms with Crippen LogP contribution in [-0.4, -0.2) is 6.04 Å². The van der Waals surface area contributed by atoms with Crippen molar-refractivity contribution in [3.8, 4) is 0 Å². The van der Waals surface area contributed by atoms with Gasteiger partial charge in [0.05, 0.1) is 0 Å². The third-order valence-electron chi connectivity index (χ3n) is 4.23. The van der Waals surface area contributed by atoms with Crippen molar-refractivity contribution in [1.82, 2.24) is 5.32 Å². The minimum Gasteiger partial charge on any atom is -0.310 e. The quantitative estimate of drug-likeness (QED) is 0.773. The van der Waals surface area contributed by atoms with E-state index in [1.165, 1.54) is 50.7 Å². The maximum atomic E-state index is 13.2. The molecule has 1 atom stereocenters. The second kappa shape index (κ2) is 7.25. The number of halogens is 2. The summed E-state index contributed by atoms with van der Waals surface area (Å²) < 4.78 is 13.2. The molecule has 0 amide bonds. The van der Waals surface area contributed by atoms with E-state index in [1.807, 2.05) is 0 Å². The lowest BCUT2D eigenvalue weighted by Crippen LogP contribution is -2.33. The van der Waals surface area contributed by atoms with Crippen LogP contribution in [0, 0.1) is 11.7 Å². The fourth-order valence-corrected chi connectivity index (χ4v) is 3.11. The van der Waals surface area contributed by atoms with E-state index in [4.69, 9.17) is 11.6 Å². The van der Waals surface area contributed by atoms with Gasteiger partial charge in [-0.2, -0.15) is 0 Å². The Hall–Kier alpha value is -0.600. The third-order valence-corrected chi connectivity index (χ3v) is 4.60. The molecule has 106 valence electrons. The van der Waals surface area contributed by atoms with E-state index in [0.717, 1.165) is 11.5 Å². The van der Waals surface area contributed by atoms with Crippen LogP contribution in [0.4, 0.5) is 4.39 Å². The van der Waals surface area contributed by atoms with Crippen molar-refractivity contribution in [2.75, 3.05) is 0 Å². The normalized spacial score (nSPS) is 19.1. The van der Waals surface area contributed by atoms with Crippen LogP contribution in [0.25, 0.3) is 0 Å². The summed E-state index contributed by atoms with van der Waals surface area (Å²) in [4.78, 5) is 0. The first kappa shape index (κ1) is 14.8. The number of hydrogen-bond donors (Lipinski definition) is 1. The maximum absolute atomic E-state index is 13.2. The van der Waals surface area contributed by atoms with Gasteiger partial charge in [0, 0.05) is 17.6 Å². The van der Waals surface area contributed by atoms with E-state index in [9.17, 15) is 4.39 Å². The number of benzene rings is 1. The van der Waals surface area contributed by atoms with Gasteiger partial charge in [0.2, 0.25) is 0 Å². The zero-order valence-corrected chi connectivity index (χ0v) is 12.3. The first-order chi connectivity index (χ1) is 9.16. The first-order valence-electron chi connectivity index (χ1n) is 7.34. The lowest BCUT2D eigenvalue weighted by atomic mass is 9.93. The summed E-state index contributed by atoms with van der Waals surface area (Å²) in [5, 5.41) is 4.15. The Morgan fingerprint density at radius 3 is 2.63 bits per heavy atom. The van der Waals surface area contributed by atoms with Crippen molar-refractivity contribution in [3.05, 3.63) is 34.6 Å². The Morgan fingerprint density at radius 2 is 1.95 bits per heavy atom. The molecule has 1 N–H and O–H groups in total. The predicted molar refractivity (Wildman–Crippen MR) is 78.9 cm³/mol. The largest absolute Gasteiger partial charge is 0.310 e. The van der Waals surface area contributed by atoms with Crippen LogP contribution in [0.15, 0.2) is 18.2 Å². The van der Waals surface area contributed by atoms with Gasteiger partial charge in [0.15, 0.2) is 0 Å². The van der Waals surface area contributed by atoms with E-state index in [1.54, 1.807) is 6.07 Å². The molecule has 0 saturated heterocycles. The smallest absolute Gasteiger partial charge is 0.123 e. The van der Waals surface area contributed by atoms with Crippen molar-refractivity contribution in [2.45, 2.75) is 58.0 Å². The van der Waals surface area contributed by atoms with E-state index in [-0.39, 0.29) is 5.82 Å². The van der Waals surface area contributed by atoms with Crippen LogP contribution in [-0.2, 0) is 6.54 Å². The van der Waals surface area contributed by atoms with E-state index < -0.39 is 0 Å². The Kier molecular flexibility index (Phi) is 5.65. The molecule has 0 bridgehead atoms. The van der Waals surface area contributed by atoms with Gasteiger partial charge in [-0.25, -0.2) is 4.39 Å². The van der Waals surface area contributed by atoms with Crippen LogP contribution in [0.5, 0.6) is 0 Å². The van der Waals surface area contributed by atoms with Gasteiger partial charge in [0.1, 0.15) is 5.82 Å². The van der Waals surface area contributed by atoms with Gasteiger partial charge in [0.25, 0.3) is 0 Å². The molecule has 0 aromatic heterocycles. The van der Waals surface area contributed by atoms with Crippen molar-refractivity contribution in [2.24, 2.45) is 5.92 Å². The molecule has 19 heavy (non-hydrogen) atoms. The van der Waals surface area contributed by atoms with Crippen molar-refractivity contribution in [3.63, 3.8) is 0 Å². The van der Waals surface area contributed by atoms with Crippen LogP contribution < -0.4 is 5.32 Å². The first-order valence-corrected chi connectivity index (χ1v) is 7.72. The predicted octanol–water partition coefficient (Wildman–Crippen LogP) is 4.93. The topological polar surface area (TPSA) is 12.0 Å². The summed E-state index contributed by atoms with van der Waals surface area (Å²) in [5.74, 6) is 0.526. The van der Waals surface area contributed by atoms with Gasteiger partial charge in [-0.3, -0.25) is 0 Å². The molecular formula is C16H23ClFN. The SMILES string of the molecule is C[C@H](NCc1cc(F)ccc1Cl)C1CCCCCC1. The monoisotopic (exact) mass is 283 g/mol. The summed E-state index contributed by atoms with van der Waals surface area (Å²) in [6.07, 6.45) is 8.06. The van der Waals surface area contributed by atoms with Gasteiger partial charge < -0.3 is 5.32 Å². The molecule has 0 unspecified atom stereocenters. The van der Waals surface area contributed by atoms with Gasteiger partial charge in [-0.1, -0.05) is 37.3 Å². The number of nitrogens with one attached hydrogen (secondary N) is 1. The summed E-state index contributed by atoms with van der Waals surface area (Å²) in [6, 6.07) is 5.03. The Labute approximate surface area is 120 Å². The molecule has 0 radical (unpaired) electrons. The summed E-state index contributed by atoms with van der Waals surface area (Å²) in [7, 11) is 0. The average Bonchev–Trinajstić information content (AvgIpc) is 2.68. The van der Waals surface area contributed by atoms with Crippen LogP contribution in [0.3, 0.4) is 0 Å². The highest BCUT2D eigenvalue weighted by Gasteiger charge is 2.18.